The lowest BCUT2D eigenvalue weighted by Gasteiger charge is -2.29. The van der Waals surface area contributed by atoms with Gasteiger partial charge in [-0.2, -0.15) is 0 Å². The van der Waals surface area contributed by atoms with E-state index in [-0.39, 0.29) is 12.5 Å². The predicted octanol–water partition coefficient (Wildman–Crippen LogP) is 3.85. The second kappa shape index (κ2) is 6.98. The van der Waals surface area contributed by atoms with Crippen LogP contribution in [-0.2, 0) is 4.79 Å². The summed E-state index contributed by atoms with van der Waals surface area (Å²) >= 11 is 12.2. The van der Waals surface area contributed by atoms with Gasteiger partial charge in [0.1, 0.15) is 0 Å². The Balaban J connectivity index is 3.16. The molecule has 0 spiro atoms. The molecule has 3 nitrogen and oxygen atoms in total. The fraction of sp³-hybridized carbons (Fsp3) is 0.462. The molecule has 0 heterocycles. The van der Waals surface area contributed by atoms with Crippen molar-refractivity contribution in [3.05, 3.63) is 33.8 Å². The van der Waals surface area contributed by atoms with Crippen LogP contribution in [0.3, 0.4) is 0 Å². The molecule has 0 saturated carbocycles. The van der Waals surface area contributed by atoms with Crippen molar-refractivity contribution in [2.24, 2.45) is 0 Å². The number of benzene rings is 1. The van der Waals surface area contributed by atoms with Crippen molar-refractivity contribution in [1.82, 2.24) is 4.90 Å². The molecule has 0 bridgehead atoms. The number of halogens is 2. The summed E-state index contributed by atoms with van der Waals surface area (Å²) in [6.45, 7) is 5.52. The van der Waals surface area contributed by atoms with Crippen LogP contribution in [-0.4, -0.2) is 29.1 Å². The lowest BCUT2D eigenvalue weighted by atomic mass is 10.0. The molecule has 0 fully saturated rings. The number of carboxylic acid groups (broad SMARTS) is 1. The van der Waals surface area contributed by atoms with Crippen LogP contribution < -0.4 is 0 Å². The van der Waals surface area contributed by atoms with E-state index in [4.69, 9.17) is 28.3 Å². The molecule has 1 rings (SSSR count). The maximum absolute atomic E-state index is 11.0. The van der Waals surface area contributed by atoms with Crippen LogP contribution in [0.5, 0.6) is 0 Å². The molecule has 1 unspecified atom stereocenters. The average Bonchev–Trinajstić information content (AvgIpc) is 2.32. The van der Waals surface area contributed by atoms with Gasteiger partial charge in [0.15, 0.2) is 0 Å². The molecule has 1 N–H and O–H groups in total. The first-order valence-electron chi connectivity index (χ1n) is 5.91. The number of carboxylic acids is 1. The third-order valence-corrected chi connectivity index (χ3v) is 3.80. The molecular formula is C13H17Cl2NO2. The monoisotopic (exact) mass is 289 g/mol. The van der Waals surface area contributed by atoms with Gasteiger partial charge in [0.2, 0.25) is 0 Å². The van der Waals surface area contributed by atoms with Gasteiger partial charge in [-0.1, -0.05) is 49.2 Å². The maximum atomic E-state index is 11.0. The van der Waals surface area contributed by atoms with Crippen LogP contribution in [0.2, 0.25) is 10.0 Å². The zero-order valence-corrected chi connectivity index (χ0v) is 12.0. The summed E-state index contributed by atoms with van der Waals surface area (Å²) in [4.78, 5) is 13.1. The van der Waals surface area contributed by atoms with Gasteiger partial charge < -0.3 is 5.11 Å². The van der Waals surface area contributed by atoms with Gasteiger partial charge in [0.25, 0.3) is 0 Å². The molecular weight excluding hydrogens is 273 g/mol. The van der Waals surface area contributed by atoms with Gasteiger partial charge in [-0.15, -0.1) is 0 Å². The molecule has 18 heavy (non-hydrogen) atoms. The van der Waals surface area contributed by atoms with Crippen LogP contribution in [0.25, 0.3) is 0 Å². The standard InChI is InChI=1S/C13H17Cl2NO2/c1-3-16(4-2)11(8-12(17)18)9-6-5-7-10(14)13(9)15/h5-7,11H,3-4,8H2,1-2H3,(H,17,18). The summed E-state index contributed by atoms with van der Waals surface area (Å²) in [6.07, 6.45) is 0.0156. The van der Waals surface area contributed by atoms with E-state index in [1.54, 1.807) is 12.1 Å². The van der Waals surface area contributed by atoms with E-state index in [9.17, 15) is 4.79 Å². The van der Waals surface area contributed by atoms with E-state index in [1.807, 2.05) is 19.9 Å². The smallest absolute Gasteiger partial charge is 0.305 e. The molecule has 1 aromatic rings. The summed E-state index contributed by atoms with van der Waals surface area (Å²) in [5.41, 5.74) is 0.773. The maximum Gasteiger partial charge on any atom is 0.305 e. The Bertz CT molecular complexity index is 419. The van der Waals surface area contributed by atoms with Crippen molar-refractivity contribution in [3.63, 3.8) is 0 Å². The van der Waals surface area contributed by atoms with Gasteiger partial charge in [-0.3, -0.25) is 9.69 Å². The molecule has 1 aromatic carbocycles. The summed E-state index contributed by atoms with van der Waals surface area (Å²) in [5.74, 6) is -0.844. The lowest BCUT2D eigenvalue weighted by Crippen LogP contribution is -2.30. The number of rotatable bonds is 6. The van der Waals surface area contributed by atoms with Crippen LogP contribution in [0.15, 0.2) is 18.2 Å². The highest BCUT2D eigenvalue weighted by atomic mass is 35.5. The number of hydrogen-bond acceptors (Lipinski definition) is 2. The number of hydrogen-bond donors (Lipinski definition) is 1. The third-order valence-electron chi connectivity index (χ3n) is 2.96. The van der Waals surface area contributed by atoms with Crippen molar-refractivity contribution in [2.45, 2.75) is 26.3 Å². The first kappa shape index (κ1) is 15.3. The van der Waals surface area contributed by atoms with Gasteiger partial charge >= 0.3 is 5.97 Å². The molecule has 0 radical (unpaired) electrons. The number of aliphatic carboxylic acids is 1. The molecule has 0 aliphatic heterocycles. The first-order valence-corrected chi connectivity index (χ1v) is 6.66. The molecule has 1 atom stereocenters. The van der Waals surface area contributed by atoms with E-state index in [1.165, 1.54) is 0 Å². The number of carbonyl (C=O) groups is 1. The van der Waals surface area contributed by atoms with Crippen molar-refractivity contribution < 1.29 is 9.90 Å². The molecule has 5 heteroatoms. The van der Waals surface area contributed by atoms with Gasteiger partial charge in [-0.05, 0) is 24.7 Å². The van der Waals surface area contributed by atoms with E-state index < -0.39 is 5.97 Å². The largest absolute Gasteiger partial charge is 0.481 e. The van der Waals surface area contributed by atoms with Crippen molar-refractivity contribution in [2.75, 3.05) is 13.1 Å². The summed E-state index contributed by atoms with van der Waals surface area (Å²) in [7, 11) is 0. The minimum absolute atomic E-state index is 0.0156. The second-order valence-corrected chi connectivity index (χ2v) is 4.76. The Labute approximate surface area is 117 Å². The molecule has 0 aliphatic rings. The van der Waals surface area contributed by atoms with E-state index >= 15 is 0 Å². The van der Waals surface area contributed by atoms with Gasteiger partial charge in [0, 0.05) is 6.04 Å². The first-order chi connectivity index (χ1) is 8.51. The second-order valence-electron chi connectivity index (χ2n) is 3.98. The normalized spacial score (nSPS) is 12.7. The molecule has 0 saturated heterocycles. The third kappa shape index (κ3) is 3.61. The highest BCUT2D eigenvalue weighted by Crippen LogP contribution is 2.34. The Morgan fingerprint density at radius 3 is 2.44 bits per heavy atom. The Kier molecular flexibility index (Phi) is 5.93. The topological polar surface area (TPSA) is 40.5 Å². The lowest BCUT2D eigenvalue weighted by molar-refractivity contribution is -0.138. The number of nitrogens with zero attached hydrogens (tertiary/aromatic N) is 1. The highest BCUT2D eigenvalue weighted by Gasteiger charge is 2.23. The molecule has 100 valence electrons. The predicted molar refractivity (Wildman–Crippen MR) is 74.4 cm³/mol. The van der Waals surface area contributed by atoms with Crippen molar-refractivity contribution >= 4 is 29.2 Å². The average molecular weight is 290 g/mol. The van der Waals surface area contributed by atoms with Crippen molar-refractivity contribution in [3.8, 4) is 0 Å². The van der Waals surface area contributed by atoms with E-state index in [0.29, 0.717) is 10.0 Å². The fourth-order valence-corrected chi connectivity index (χ4v) is 2.48. The van der Waals surface area contributed by atoms with Crippen LogP contribution in [0, 0.1) is 0 Å². The molecule has 0 aromatic heterocycles. The van der Waals surface area contributed by atoms with Crippen molar-refractivity contribution in [1.29, 1.82) is 0 Å². The van der Waals surface area contributed by atoms with Gasteiger partial charge in [-0.25, -0.2) is 0 Å². The fourth-order valence-electron chi connectivity index (χ4n) is 2.04. The molecule has 0 amide bonds. The van der Waals surface area contributed by atoms with Gasteiger partial charge in [0.05, 0.1) is 16.5 Å². The van der Waals surface area contributed by atoms with E-state index in [0.717, 1.165) is 18.7 Å². The Hall–Kier alpha value is -0.770. The molecule has 0 aliphatic carbocycles. The Morgan fingerprint density at radius 2 is 1.94 bits per heavy atom. The highest BCUT2D eigenvalue weighted by molar-refractivity contribution is 6.42. The summed E-state index contributed by atoms with van der Waals surface area (Å²) in [6, 6.07) is 5.08. The minimum atomic E-state index is -0.844. The van der Waals surface area contributed by atoms with Crippen LogP contribution >= 0.6 is 23.2 Å². The van der Waals surface area contributed by atoms with Crippen LogP contribution in [0.1, 0.15) is 31.9 Å². The Morgan fingerprint density at radius 1 is 1.33 bits per heavy atom. The minimum Gasteiger partial charge on any atom is -0.481 e. The van der Waals surface area contributed by atoms with Crippen LogP contribution in [0.4, 0.5) is 0 Å². The zero-order valence-electron chi connectivity index (χ0n) is 10.5. The SMILES string of the molecule is CCN(CC)C(CC(=O)O)c1cccc(Cl)c1Cl. The summed E-state index contributed by atoms with van der Waals surface area (Å²) < 4.78 is 0. The zero-order chi connectivity index (χ0) is 13.7. The van der Waals surface area contributed by atoms with E-state index in [2.05, 4.69) is 4.90 Å². The summed E-state index contributed by atoms with van der Waals surface area (Å²) in [5, 5.41) is 9.94. The quantitative estimate of drug-likeness (QED) is 0.865.